The minimum Gasteiger partial charge on any atom is -0.375 e. The van der Waals surface area contributed by atoms with E-state index < -0.39 is 0 Å². The van der Waals surface area contributed by atoms with Crippen LogP contribution in [0.15, 0.2) is 0 Å². The van der Waals surface area contributed by atoms with Crippen molar-refractivity contribution >= 4 is 22.4 Å². The third-order valence-corrected chi connectivity index (χ3v) is 2.82. The first kappa shape index (κ1) is 11.0. The molecule has 0 radical (unpaired) electrons. The molecule has 1 heterocycles. The van der Waals surface area contributed by atoms with E-state index in [2.05, 4.69) is 17.2 Å². The Balaban J connectivity index is 2.56. The number of hydrogen-bond acceptors (Lipinski definition) is 4. The summed E-state index contributed by atoms with van der Waals surface area (Å²) >= 11 is 1.24. The molecule has 78 valence electrons. The first-order valence-corrected chi connectivity index (χ1v) is 5.48. The van der Waals surface area contributed by atoms with Crippen LogP contribution < -0.4 is 11.1 Å². The zero-order valence-electron chi connectivity index (χ0n) is 8.46. The molecule has 0 saturated heterocycles. The van der Waals surface area contributed by atoms with Gasteiger partial charge in [0.05, 0.1) is 5.69 Å². The van der Waals surface area contributed by atoms with E-state index in [0.29, 0.717) is 22.2 Å². The molecule has 0 aliphatic rings. The lowest BCUT2D eigenvalue weighted by Gasteiger charge is -2.01. The topological polar surface area (TPSA) is 68.0 Å². The first-order chi connectivity index (χ1) is 6.65. The summed E-state index contributed by atoms with van der Waals surface area (Å²) < 4.78 is 0. The quantitative estimate of drug-likeness (QED) is 0.746. The zero-order valence-corrected chi connectivity index (χ0v) is 9.28. The van der Waals surface area contributed by atoms with Crippen LogP contribution >= 0.6 is 11.3 Å². The predicted octanol–water partition coefficient (Wildman–Crippen LogP) is 1.56. The summed E-state index contributed by atoms with van der Waals surface area (Å²) in [6, 6.07) is 0. The molecule has 14 heavy (non-hydrogen) atoms. The van der Waals surface area contributed by atoms with Gasteiger partial charge in [-0.2, -0.15) is 0 Å². The Kier molecular flexibility index (Phi) is 3.88. The van der Waals surface area contributed by atoms with Crippen molar-refractivity contribution in [1.82, 2.24) is 10.3 Å². The number of aromatic nitrogens is 1. The molecule has 1 rings (SSSR count). The second kappa shape index (κ2) is 4.95. The van der Waals surface area contributed by atoms with Crippen molar-refractivity contribution in [2.75, 3.05) is 12.3 Å². The maximum absolute atomic E-state index is 11.6. The fourth-order valence-electron chi connectivity index (χ4n) is 1.09. The zero-order chi connectivity index (χ0) is 10.6. The molecule has 0 saturated carbocycles. The highest BCUT2D eigenvalue weighted by atomic mass is 32.1. The maximum atomic E-state index is 11.6. The summed E-state index contributed by atoms with van der Waals surface area (Å²) in [4.78, 5) is 16.2. The van der Waals surface area contributed by atoms with E-state index in [-0.39, 0.29) is 5.91 Å². The normalized spacial score (nSPS) is 10.1. The Morgan fingerprint density at radius 3 is 2.86 bits per heavy atom. The van der Waals surface area contributed by atoms with Crippen molar-refractivity contribution in [1.29, 1.82) is 0 Å². The number of aryl methyl sites for hydroxylation is 1. The van der Waals surface area contributed by atoms with Crippen LogP contribution in [-0.2, 0) is 0 Å². The van der Waals surface area contributed by atoms with E-state index >= 15 is 0 Å². The fraction of sp³-hybridized carbons (Fsp3) is 0.556. The van der Waals surface area contributed by atoms with Gasteiger partial charge in [-0.1, -0.05) is 24.7 Å². The number of nitrogens with one attached hydrogen (secondary N) is 1. The van der Waals surface area contributed by atoms with Gasteiger partial charge in [0.1, 0.15) is 4.88 Å². The molecule has 1 aromatic rings. The van der Waals surface area contributed by atoms with E-state index in [1.807, 2.05) is 0 Å². The molecule has 0 fully saturated rings. The molecule has 3 N–H and O–H groups in total. The lowest BCUT2D eigenvalue weighted by atomic mass is 10.3. The second-order valence-electron chi connectivity index (χ2n) is 3.08. The van der Waals surface area contributed by atoms with Crippen LogP contribution in [0.1, 0.15) is 35.1 Å². The number of unbranched alkanes of at least 4 members (excludes halogenated alkanes) is 1. The number of anilines is 1. The van der Waals surface area contributed by atoms with Gasteiger partial charge in [-0.15, -0.1) is 0 Å². The molecular formula is C9H15N3OS. The number of nitrogens with two attached hydrogens (primary N) is 1. The van der Waals surface area contributed by atoms with Gasteiger partial charge in [0.2, 0.25) is 0 Å². The Morgan fingerprint density at radius 1 is 1.64 bits per heavy atom. The fourth-order valence-corrected chi connectivity index (χ4v) is 1.84. The van der Waals surface area contributed by atoms with E-state index in [9.17, 15) is 4.79 Å². The molecule has 0 aliphatic heterocycles. The van der Waals surface area contributed by atoms with Crippen LogP contribution in [0.4, 0.5) is 5.13 Å². The minimum absolute atomic E-state index is 0.0647. The number of hydrogen-bond donors (Lipinski definition) is 2. The summed E-state index contributed by atoms with van der Waals surface area (Å²) in [5, 5.41) is 3.28. The summed E-state index contributed by atoms with van der Waals surface area (Å²) in [7, 11) is 0. The summed E-state index contributed by atoms with van der Waals surface area (Å²) in [5.74, 6) is -0.0647. The number of nitrogens with zero attached hydrogens (tertiary/aromatic N) is 1. The number of rotatable bonds is 4. The Bertz CT molecular complexity index is 322. The van der Waals surface area contributed by atoms with Crippen LogP contribution in [0.25, 0.3) is 0 Å². The lowest BCUT2D eigenvalue weighted by Crippen LogP contribution is -2.24. The number of carbonyl (C=O) groups excluding carboxylic acids is 1. The molecule has 0 aliphatic carbocycles. The lowest BCUT2D eigenvalue weighted by molar-refractivity contribution is 0.0956. The summed E-state index contributed by atoms with van der Waals surface area (Å²) in [6.07, 6.45) is 2.07. The van der Waals surface area contributed by atoms with Gasteiger partial charge in [-0.25, -0.2) is 4.98 Å². The van der Waals surface area contributed by atoms with E-state index in [4.69, 9.17) is 5.73 Å². The van der Waals surface area contributed by atoms with Crippen molar-refractivity contribution in [3.63, 3.8) is 0 Å². The van der Waals surface area contributed by atoms with Crippen molar-refractivity contribution in [2.24, 2.45) is 0 Å². The Hall–Kier alpha value is -1.10. The highest BCUT2D eigenvalue weighted by Gasteiger charge is 2.12. The largest absolute Gasteiger partial charge is 0.375 e. The Labute approximate surface area is 87.5 Å². The Morgan fingerprint density at radius 2 is 2.36 bits per heavy atom. The number of nitrogen functional groups attached to an aromatic ring is 1. The summed E-state index contributed by atoms with van der Waals surface area (Å²) in [6.45, 7) is 4.59. The molecule has 1 aromatic heterocycles. The van der Waals surface area contributed by atoms with Crippen LogP contribution in [0.2, 0.25) is 0 Å². The van der Waals surface area contributed by atoms with E-state index in [0.717, 1.165) is 12.8 Å². The summed E-state index contributed by atoms with van der Waals surface area (Å²) in [5.41, 5.74) is 6.21. The van der Waals surface area contributed by atoms with Crippen molar-refractivity contribution in [3.05, 3.63) is 10.6 Å². The van der Waals surface area contributed by atoms with Gasteiger partial charge in [-0.05, 0) is 13.3 Å². The maximum Gasteiger partial charge on any atom is 0.263 e. The molecule has 0 aromatic carbocycles. The van der Waals surface area contributed by atoms with Crippen LogP contribution in [0, 0.1) is 6.92 Å². The van der Waals surface area contributed by atoms with Gasteiger partial charge in [0, 0.05) is 6.54 Å². The smallest absolute Gasteiger partial charge is 0.263 e. The van der Waals surface area contributed by atoms with E-state index in [1.165, 1.54) is 11.3 Å². The highest BCUT2D eigenvalue weighted by molar-refractivity contribution is 7.17. The van der Waals surface area contributed by atoms with Crippen molar-refractivity contribution in [2.45, 2.75) is 26.7 Å². The monoisotopic (exact) mass is 213 g/mol. The van der Waals surface area contributed by atoms with Gasteiger partial charge in [0.25, 0.3) is 5.91 Å². The average molecular weight is 213 g/mol. The predicted molar refractivity (Wildman–Crippen MR) is 58.5 cm³/mol. The highest BCUT2D eigenvalue weighted by Crippen LogP contribution is 2.19. The minimum atomic E-state index is -0.0647. The third kappa shape index (κ3) is 2.70. The molecule has 0 unspecified atom stereocenters. The third-order valence-electron chi connectivity index (χ3n) is 1.84. The van der Waals surface area contributed by atoms with Gasteiger partial charge < -0.3 is 11.1 Å². The van der Waals surface area contributed by atoms with Crippen LogP contribution in [-0.4, -0.2) is 17.4 Å². The van der Waals surface area contributed by atoms with Crippen molar-refractivity contribution < 1.29 is 4.79 Å². The van der Waals surface area contributed by atoms with Gasteiger partial charge >= 0.3 is 0 Å². The molecule has 0 spiro atoms. The molecule has 0 bridgehead atoms. The van der Waals surface area contributed by atoms with Crippen LogP contribution in [0.3, 0.4) is 0 Å². The first-order valence-electron chi connectivity index (χ1n) is 4.66. The number of carbonyl (C=O) groups is 1. The number of amides is 1. The van der Waals surface area contributed by atoms with E-state index in [1.54, 1.807) is 6.92 Å². The molecule has 5 heteroatoms. The second-order valence-corrected chi connectivity index (χ2v) is 4.11. The standard InChI is InChI=1S/C9H15N3OS/c1-3-4-5-11-8(13)7-6(2)12-9(10)14-7/h3-5H2,1-2H3,(H2,10,12)(H,11,13). The molecular weight excluding hydrogens is 198 g/mol. The molecule has 1 amide bonds. The van der Waals surface area contributed by atoms with Gasteiger partial charge in [0.15, 0.2) is 5.13 Å². The SMILES string of the molecule is CCCCNC(=O)c1sc(N)nc1C. The molecule has 0 atom stereocenters. The van der Waals surface area contributed by atoms with Crippen molar-refractivity contribution in [3.8, 4) is 0 Å². The van der Waals surface area contributed by atoms with Gasteiger partial charge in [-0.3, -0.25) is 4.79 Å². The number of thiazole rings is 1. The molecule has 4 nitrogen and oxygen atoms in total. The van der Waals surface area contributed by atoms with Crippen LogP contribution in [0.5, 0.6) is 0 Å². The average Bonchev–Trinajstić information content (AvgIpc) is 2.45.